The Morgan fingerprint density at radius 1 is 1.67 bits per heavy atom. The van der Waals surface area contributed by atoms with Crippen LogP contribution in [0.15, 0.2) is 18.3 Å². The molecule has 15 heavy (non-hydrogen) atoms. The van der Waals surface area contributed by atoms with Gasteiger partial charge >= 0.3 is 5.97 Å². The molecule has 0 saturated carbocycles. The van der Waals surface area contributed by atoms with Crippen LogP contribution in [-0.4, -0.2) is 31.2 Å². The first kappa shape index (κ1) is 11.3. The maximum Gasteiger partial charge on any atom is 0.325 e. The highest BCUT2D eigenvalue weighted by molar-refractivity contribution is 5.75. The average molecular weight is 209 g/mol. The number of ether oxygens (including phenoxy) is 1. The van der Waals surface area contributed by atoms with Crippen molar-refractivity contribution in [3.05, 3.63) is 18.3 Å². The van der Waals surface area contributed by atoms with Gasteiger partial charge in [0.1, 0.15) is 12.4 Å². The van der Waals surface area contributed by atoms with Gasteiger partial charge in [-0.25, -0.2) is 4.98 Å². The van der Waals surface area contributed by atoms with Gasteiger partial charge in [0.15, 0.2) is 0 Å². The molecular weight excluding hydrogens is 194 g/mol. The lowest BCUT2D eigenvalue weighted by atomic mass is 10.4. The minimum absolute atomic E-state index is 0.171. The van der Waals surface area contributed by atoms with Gasteiger partial charge in [-0.15, -0.1) is 0 Å². The SMILES string of the molecule is CCOC(=O)CN(C)c1cc(N)ccn1. The van der Waals surface area contributed by atoms with E-state index in [0.29, 0.717) is 18.1 Å². The van der Waals surface area contributed by atoms with Crippen LogP contribution in [0.5, 0.6) is 0 Å². The molecule has 0 spiro atoms. The topological polar surface area (TPSA) is 68.5 Å². The third-order valence-corrected chi connectivity index (χ3v) is 1.83. The summed E-state index contributed by atoms with van der Waals surface area (Å²) in [4.78, 5) is 17.0. The van der Waals surface area contributed by atoms with Crippen LogP contribution in [0.3, 0.4) is 0 Å². The molecule has 0 aliphatic rings. The highest BCUT2D eigenvalue weighted by Crippen LogP contribution is 2.11. The summed E-state index contributed by atoms with van der Waals surface area (Å²) in [6.07, 6.45) is 1.60. The molecule has 0 saturated heterocycles. The number of aromatic nitrogens is 1. The number of nitrogens with zero attached hydrogens (tertiary/aromatic N) is 2. The third kappa shape index (κ3) is 3.46. The zero-order chi connectivity index (χ0) is 11.3. The van der Waals surface area contributed by atoms with Crippen molar-refractivity contribution in [3.8, 4) is 0 Å². The first-order valence-corrected chi connectivity index (χ1v) is 4.71. The molecule has 0 radical (unpaired) electrons. The molecule has 1 aromatic rings. The Morgan fingerprint density at radius 2 is 2.40 bits per heavy atom. The van der Waals surface area contributed by atoms with E-state index in [4.69, 9.17) is 10.5 Å². The fourth-order valence-electron chi connectivity index (χ4n) is 1.12. The van der Waals surface area contributed by atoms with Crippen LogP contribution < -0.4 is 10.6 Å². The van der Waals surface area contributed by atoms with Gasteiger partial charge in [-0.3, -0.25) is 4.79 Å². The van der Waals surface area contributed by atoms with Crippen molar-refractivity contribution >= 4 is 17.5 Å². The molecule has 2 N–H and O–H groups in total. The van der Waals surface area contributed by atoms with Gasteiger partial charge in [-0.2, -0.15) is 0 Å². The maximum absolute atomic E-state index is 11.2. The summed E-state index contributed by atoms with van der Waals surface area (Å²) in [5, 5.41) is 0. The number of nitrogen functional groups attached to an aromatic ring is 1. The van der Waals surface area contributed by atoms with Crippen molar-refractivity contribution in [2.45, 2.75) is 6.92 Å². The molecule has 0 aliphatic heterocycles. The summed E-state index contributed by atoms with van der Waals surface area (Å²) in [6.45, 7) is 2.33. The molecule has 1 heterocycles. The minimum Gasteiger partial charge on any atom is -0.465 e. The second kappa shape index (κ2) is 5.19. The number of carbonyl (C=O) groups is 1. The van der Waals surface area contributed by atoms with E-state index in [1.807, 2.05) is 0 Å². The Labute approximate surface area is 88.9 Å². The van der Waals surface area contributed by atoms with E-state index in [9.17, 15) is 4.79 Å². The molecule has 5 nitrogen and oxygen atoms in total. The first-order chi connectivity index (χ1) is 7.13. The fourth-order valence-corrected chi connectivity index (χ4v) is 1.12. The fraction of sp³-hybridized carbons (Fsp3) is 0.400. The normalized spacial score (nSPS) is 9.73. The van der Waals surface area contributed by atoms with Gasteiger partial charge in [0, 0.05) is 25.0 Å². The first-order valence-electron chi connectivity index (χ1n) is 4.71. The van der Waals surface area contributed by atoms with Crippen LogP contribution in [-0.2, 0) is 9.53 Å². The molecule has 0 amide bonds. The Kier molecular flexibility index (Phi) is 3.91. The summed E-state index contributed by atoms with van der Waals surface area (Å²) in [7, 11) is 1.76. The van der Waals surface area contributed by atoms with E-state index in [2.05, 4.69) is 4.98 Å². The number of nitrogens with two attached hydrogens (primary N) is 1. The second-order valence-electron chi connectivity index (χ2n) is 3.11. The molecule has 0 fully saturated rings. The van der Waals surface area contributed by atoms with Gasteiger partial charge in [-0.1, -0.05) is 0 Å². The standard InChI is InChI=1S/C10H15N3O2/c1-3-15-10(14)7-13(2)9-6-8(11)4-5-12-9/h4-6H,3,7H2,1-2H3,(H2,11,12). The van der Waals surface area contributed by atoms with Crippen molar-refractivity contribution in [2.24, 2.45) is 0 Å². The summed E-state index contributed by atoms with van der Waals surface area (Å²) in [5.74, 6) is 0.382. The van der Waals surface area contributed by atoms with Crippen LogP contribution in [0.25, 0.3) is 0 Å². The number of esters is 1. The van der Waals surface area contributed by atoms with Crippen molar-refractivity contribution in [2.75, 3.05) is 30.8 Å². The van der Waals surface area contributed by atoms with Crippen molar-refractivity contribution in [3.63, 3.8) is 0 Å². The molecule has 1 rings (SSSR count). The van der Waals surface area contributed by atoms with Gasteiger partial charge in [0.05, 0.1) is 6.61 Å². The van der Waals surface area contributed by atoms with Crippen LogP contribution in [0.2, 0.25) is 0 Å². The van der Waals surface area contributed by atoms with Gasteiger partial charge in [0.2, 0.25) is 0 Å². The monoisotopic (exact) mass is 209 g/mol. The van der Waals surface area contributed by atoms with E-state index in [1.54, 1.807) is 37.2 Å². The van der Waals surface area contributed by atoms with Gasteiger partial charge in [0.25, 0.3) is 0 Å². The third-order valence-electron chi connectivity index (χ3n) is 1.83. The molecule has 0 unspecified atom stereocenters. The summed E-state index contributed by atoms with van der Waals surface area (Å²) in [6, 6.07) is 3.40. The van der Waals surface area contributed by atoms with Crippen molar-refractivity contribution in [1.82, 2.24) is 4.98 Å². The van der Waals surface area contributed by atoms with Crippen LogP contribution in [0.1, 0.15) is 6.92 Å². The predicted molar refractivity (Wildman–Crippen MR) is 58.6 cm³/mol. The Morgan fingerprint density at radius 3 is 3.00 bits per heavy atom. The lowest BCUT2D eigenvalue weighted by molar-refractivity contribution is -0.141. The molecule has 5 heteroatoms. The summed E-state index contributed by atoms with van der Waals surface area (Å²) in [5.41, 5.74) is 6.22. The smallest absolute Gasteiger partial charge is 0.325 e. The van der Waals surface area contributed by atoms with Gasteiger partial charge in [-0.05, 0) is 13.0 Å². The highest BCUT2D eigenvalue weighted by atomic mass is 16.5. The molecule has 0 bridgehead atoms. The average Bonchev–Trinajstić information content (AvgIpc) is 2.18. The predicted octanol–water partition coefficient (Wildman–Crippen LogP) is 0.663. The van der Waals surface area contributed by atoms with E-state index in [0.717, 1.165) is 0 Å². The second-order valence-corrected chi connectivity index (χ2v) is 3.11. The summed E-state index contributed by atoms with van der Waals surface area (Å²) < 4.78 is 4.82. The molecular formula is C10H15N3O2. The molecule has 0 aliphatic carbocycles. The number of carbonyl (C=O) groups excluding carboxylic acids is 1. The molecule has 0 atom stereocenters. The largest absolute Gasteiger partial charge is 0.465 e. The quantitative estimate of drug-likeness (QED) is 0.738. The van der Waals surface area contributed by atoms with Crippen LogP contribution in [0.4, 0.5) is 11.5 Å². The Hall–Kier alpha value is -1.78. The van der Waals surface area contributed by atoms with Crippen molar-refractivity contribution in [1.29, 1.82) is 0 Å². The number of anilines is 2. The lowest BCUT2D eigenvalue weighted by Gasteiger charge is -2.16. The molecule has 82 valence electrons. The maximum atomic E-state index is 11.2. The zero-order valence-electron chi connectivity index (χ0n) is 8.93. The number of hydrogen-bond donors (Lipinski definition) is 1. The zero-order valence-corrected chi connectivity index (χ0v) is 8.93. The Balaban J connectivity index is 2.60. The summed E-state index contributed by atoms with van der Waals surface area (Å²) >= 11 is 0. The number of hydrogen-bond acceptors (Lipinski definition) is 5. The molecule has 1 aromatic heterocycles. The van der Waals surface area contributed by atoms with Crippen LogP contribution in [0, 0.1) is 0 Å². The van der Waals surface area contributed by atoms with Crippen molar-refractivity contribution < 1.29 is 9.53 Å². The van der Waals surface area contributed by atoms with E-state index in [-0.39, 0.29) is 12.5 Å². The molecule has 0 aromatic carbocycles. The van der Waals surface area contributed by atoms with Crippen LogP contribution >= 0.6 is 0 Å². The van der Waals surface area contributed by atoms with E-state index < -0.39 is 0 Å². The van der Waals surface area contributed by atoms with Gasteiger partial charge < -0.3 is 15.4 Å². The lowest BCUT2D eigenvalue weighted by Crippen LogP contribution is -2.27. The number of pyridine rings is 1. The highest BCUT2D eigenvalue weighted by Gasteiger charge is 2.08. The Bertz CT molecular complexity index is 341. The number of likely N-dealkylation sites (N-methyl/N-ethyl adjacent to an activating group) is 1. The number of rotatable bonds is 4. The van der Waals surface area contributed by atoms with E-state index in [1.165, 1.54) is 0 Å². The minimum atomic E-state index is -0.274. The van der Waals surface area contributed by atoms with E-state index >= 15 is 0 Å².